The molecule has 0 aliphatic heterocycles. The molecule has 136 valence electrons. The summed E-state index contributed by atoms with van der Waals surface area (Å²) in [7, 11) is 0. The fourth-order valence-corrected chi connectivity index (χ4v) is 2.63. The number of nitrogens with zero attached hydrogens (tertiary/aromatic N) is 4. The molecule has 1 N–H and O–H groups in total. The van der Waals surface area contributed by atoms with Crippen molar-refractivity contribution in [3.63, 3.8) is 0 Å². The van der Waals surface area contributed by atoms with Gasteiger partial charge in [-0.3, -0.25) is 0 Å². The summed E-state index contributed by atoms with van der Waals surface area (Å²) in [5, 5.41) is 19.2. The van der Waals surface area contributed by atoms with Crippen LogP contribution in [0.25, 0.3) is 10.9 Å². The summed E-state index contributed by atoms with van der Waals surface area (Å²) < 4.78 is 39.5. The van der Waals surface area contributed by atoms with Gasteiger partial charge in [-0.15, -0.1) is 10.2 Å². The molecule has 3 rings (SSSR count). The van der Waals surface area contributed by atoms with Crippen molar-refractivity contribution in [1.82, 2.24) is 9.55 Å². The minimum absolute atomic E-state index is 0.0260. The lowest BCUT2D eigenvalue weighted by Crippen LogP contribution is -2.04. The van der Waals surface area contributed by atoms with Crippen LogP contribution in [-0.2, 0) is 12.7 Å². The fraction of sp³-hybridized carbons (Fsp3) is 0.278. The Balaban J connectivity index is 1.98. The van der Waals surface area contributed by atoms with Crippen molar-refractivity contribution in [1.29, 1.82) is 0 Å². The van der Waals surface area contributed by atoms with Crippen LogP contribution in [-0.4, -0.2) is 14.7 Å². The zero-order valence-electron chi connectivity index (χ0n) is 14.2. The molecule has 0 saturated heterocycles. The van der Waals surface area contributed by atoms with Gasteiger partial charge in [0.2, 0.25) is 5.88 Å². The number of hydrogen-bond acceptors (Lipinski definition) is 4. The smallest absolute Gasteiger partial charge is 0.417 e. The van der Waals surface area contributed by atoms with Crippen molar-refractivity contribution in [3.8, 4) is 5.88 Å². The number of fused-ring (bicyclic) bond motifs is 1. The van der Waals surface area contributed by atoms with Crippen LogP contribution >= 0.6 is 0 Å². The summed E-state index contributed by atoms with van der Waals surface area (Å²) in [5.74, 6) is 0.298. The van der Waals surface area contributed by atoms with Crippen LogP contribution in [0.3, 0.4) is 0 Å². The van der Waals surface area contributed by atoms with Gasteiger partial charge in [-0.1, -0.05) is 32.0 Å². The number of aromatic nitrogens is 2. The number of azo groups is 1. The molecule has 2 aromatic heterocycles. The van der Waals surface area contributed by atoms with Gasteiger partial charge in [0, 0.05) is 18.1 Å². The highest BCUT2D eigenvalue weighted by Gasteiger charge is 2.30. The van der Waals surface area contributed by atoms with E-state index in [-0.39, 0.29) is 17.4 Å². The Morgan fingerprint density at radius 1 is 1.12 bits per heavy atom. The number of hydrogen-bond donors (Lipinski definition) is 1. The Hall–Kier alpha value is -2.90. The van der Waals surface area contributed by atoms with Crippen molar-refractivity contribution in [2.75, 3.05) is 0 Å². The van der Waals surface area contributed by atoms with E-state index < -0.39 is 11.7 Å². The van der Waals surface area contributed by atoms with Crippen molar-refractivity contribution in [2.45, 2.75) is 26.6 Å². The van der Waals surface area contributed by atoms with Gasteiger partial charge in [0.05, 0.1) is 11.1 Å². The lowest BCUT2D eigenvalue weighted by Gasteiger charge is -2.09. The number of aromatic hydroxyl groups is 1. The predicted molar refractivity (Wildman–Crippen MR) is 91.9 cm³/mol. The second kappa shape index (κ2) is 6.78. The Morgan fingerprint density at radius 3 is 2.46 bits per heavy atom. The number of halogens is 3. The van der Waals surface area contributed by atoms with E-state index in [1.165, 1.54) is 0 Å². The molecule has 0 aliphatic carbocycles. The van der Waals surface area contributed by atoms with Crippen LogP contribution in [0.15, 0.2) is 52.8 Å². The first kappa shape index (κ1) is 17.9. The first-order valence-electron chi connectivity index (χ1n) is 8.02. The van der Waals surface area contributed by atoms with Gasteiger partial charge in [-0.05, 0) is 24.1 Å². The van der Waals surface area contributed by atoms with E-state index in [2.05, 4.69) is 15.2 Å². The maximum atomic E-state index is 12.6. The molecule has 5 nitrogen and oxygen atoms in total. The van der Waals surface area contributed by atoms with Crippen molar-refractivity contribution < 1.29 is 18.3 Å². The van der Waals surface area contributed by atoms with Crippen molar-refractivity contribution >= 4 is 22.4 Å². The molecule has 2 heterocycles. The standard InChI is InChI=1S/C18H17F3N4O/c1-11(2)10-25-14-6-4-3-5-13(14)16(17(25)26)24-23-15-8-7-12(9-22-15)18(19,20)21/h3-9,11,26H,10H2,1-2H3. The molecule has 0 bridgehead atoms. The first-order valence-corrected chi connectivity index (χ1v) is 8.02. The number of para-hydroxylation sites is 1. The normalized spacial score (nSPS) is 12.5. The minimum Gasteiger partial charge on any atom is -0.493 e. The molecular formula is C18H17F3N4O. The summed E-state index contributed by atoms with van der Waals surface area (Å²) >= 11 is 0. The first-order chi connectivity index (χ1) is 12.3. The molecule has 0 fully saturated rings. The van der Waals surface area contributed by atoms with Gasteiger partial charge >= 0.3 is 6.18 Å². The van der Waals surface area contributed by atoms with Gasteiger partial charge < -0.3 is 9.67 Å². The number of pyridine rings is 1. The summed E-state index contributed by atoms with van der Waals surface area (Å²) in [6, 6.07) is 9.38. The average molecular weight is 362 g/mol. The van der Waals surface area contributed by atoms with E-state index in [1.807, 2.05) is 32.0 Å². The van der Waals surface area contributed by atoms with Gasteiger partial charge in [0.1, 0.15) is 0 Å². The molecule has 0 radical (unpaired) electrons. The summed E-state index contributed by atoms with van der Waals surface area (Å²) in [5.41, 5.74) is 0.226. The Kier molecular flexibility index (Phi) is 4.67. The molecule has 0 atom stereocenters. The third-order valence-electron chi connectivity index (χ3n) is 3.79. The summed E-state index contributed by atoms with van der Waals surface area (Å²) in [6.45, 7) is 4.66. The van der Waals surface area contributed by atoms with E-state index in [4.69, 9.17) is 0 Å². The van der Waals surface area contributed by atoms with Crippen molar-refractivity contribution in [2.24, 2.45) is 16.1 Å². The third kappa shape index (κ3) is 3.54. The highest BCUT2D eigenvalue weighted by atomic mass is 19.4. The molecule has 8 heteroatoms. The molecule has 0 spiro atoms. The quantitative estimate of drug-likeness (QED) is 0.593. The van der Waals surface area contributed by atoms with Crippen LogP contribution in [0.2, 0.25) is 0 Å². The highest BCUT2D eigenvalue weighted by Crippen LogP contribution is 2.39. The fourth-order valence-electron chi connectivity index (χ4n) is 2.63. The van der Waals surface area contributed by atoms with Gasteiger partial charge in [-0.25, -0.2) is 4.98 Å². The monoisotopic (exact) mass is 362 g/mol. The van der Waals surface area contributed by atoms with Gasteiger partial charge in [0.25, 0.3) is 0 Å². The minimum atomic E-state index is -4.45. The van der Waals surface area contributed by atoms with E-state index >= 15 is 0 Å². The molecule has 1 aromatic carbocycles. The van der Waals surface area contributed by atoms with Crippen LogP contribution in [0.1, 0.15) is 19.4 Å². The second-order valence-corrected chi connectivity index (χ2v) is 6.30. The van der Waals surface area contributed by atoms with E-state index in [0.717, 1.165) is 17.6 Å². The molecule has 0 saturated carbocycles. The van der Waals surface area contributed by atoms with E-state index in [1.54, 1.807) is 10.6 Å². The van der Waals surface area contributed by atoms with Crippen molar-refractivity contribution in [3.05, 3.63) is 48.2 Å². The SMILES string of the molecule is CC(C)Cn1c(O)c(N=Nc2ccc(C(F)(F)F)cn2)c2ccccc21. The Morgan fingerprint density at radius 2 is 1.85 bits per heavy atom. The molecule has 0 unspecified atom stereocenters. The maximum absolute atomic E-state index is 12.6. The third-order valence-corrected chi connectivity index (χ3v) is 3.79. The van der Waals surface area contributed by atoms with Crippen LogP contribution in [0.4, 0.5) is 24.7 Å². The number of alkyl halides is 3. The zero-order chi connectivity index (χ0) is 18.9. The maximum Gasteiger partial charge on any atom is 0.417 e. The molecule has 0 amide bonds. The topological polar surface area (TPSA) is 62.8 Å². The number of benzene rings is 1. The van der Waals surface area contributed by atoms with Crippen LogP contribution in [0, 0.1) is 5.92 Å². The number of rotatable bonds is 4. The highest BCUT2D eigenvalue weighted by molar-refractivity contribution is 5.95. The second-order valence-electron chi connectivity index (χ2n) is 6.30. The lowest BCUT2D eigenvalue weighted by molar-refractivity contribution is -0.137. The van der Waals surface area contributed by atoms with Crippen LogP contribution < -0.4 is 0 Å². The summed E-state index contributed by atoms with van der Waals surface area (Å²) in [6.07, 6.45) is -3.75. The summed E-state index contributed by atoms with van der Waals surface area (Å²) in [4.78, 5) is 3.66. The largest absolute Gasteiger partial charge is 0.493 e. The average Bonchev–Trinajstić information content (AvgIpc) is 2.84. The van der Waals surface area contributed by atoms with E-state index in [9.17, 15) is 18.3 Å². The molecular weight excluding hydrogens is 345 g/mol. The molecule has 26 heavy (non-hydrogen) atoms. The van der Waals surface area contributed by atoms with E-state index in [0.29, 0.717) is 24.0 Å². The molecule has 3 aromatic rings. The zero-order valence-corrected chi connectivity index (χ0v) is 14.2. The molecule has 0 aliphatic rings. The Bertz CT molecular complexity index is 943. The van der Waals surface area contributed by atoms with Gasteiger partial charge in [0.15, 0.2) is 11.5 Å². The van der Waals surface area contributed by atoms with Gasteiger partial charge in [-0.2, -0.15) is 13.2 Å². The Labute approximate surface area is 147 Å². The van der Waals surface area contributed by atoms with Crippen LogP contribution in [0.5, 0.6) is 5.88 Å². The lowest BCUT2D eigenvalue weighted by atomic mass is 10.2. The predicted octanol–water partition coefficient (Wildman–Crippen LogP) is 5.83.